The molecule has 3 aliphatic rings. The number of fused-ring (bicyclic) bond motifs is 2. The third-order valence-corrected chi connectivity index (χ3v) is 11.3. The second-order valence-electron chi connectivity index (χ2n) is 15.3. The van der Waals surface area contributed by atoms with Crippen LogP contribution in [0.1, 0.15) is 81.1 Å². The summed E-state index contributed by atoms with van der Waals surface area (Å²) in [4.78, 5) is 31.5. The van der Waals surface area contributed by atoms with E-state index in [1.54, 1.807) is 13.8 Å². The van der Waals surface area contributed by atoms with Gasteiger partial charge in [0.1, 0.15) is 23.9 Å². The molecule has 0 saturated carbocycles. The van der Waals surface area contributed by atoms with E-state index >= 15 is 4.39 Å². The van der Waals surface area contributed by atoms with E-state index in [-0.39, 0.29) is 24.5 Å². The maximum atomic E-state index is 16.6. The van der Waals surface area contributed by atoms with E-state index in [2.05, 4.69) is 5.32 Å². The Balaban J connectivity index is 2.13. The molecule has 0 aliphatic carbocycles. The van der Waals surface area contributed by atoms with Gasteiger partial charge in [0.15, 0.2) is 12.1 Å². The van der Waals surface area contributed by atoms with Crippen LogP contribution in [0.4, 0.5) is 4.39 Å². The minimum atomic E-state index is -3.14. The lowest BCUT2D eigenvalue weighted by atomic mass is 9.78. The molecule has 0 amide bonds. The van der Waals surface area contributed by atoms with E-state index in [0.717, 1.165) is 13.3 Å². The van der Waals surface area contributed by atoms with Crippen LogP contribution in [0.25, 0.3) is 0 Å². The number of carbonyl (C=O) groups is 2. The van der Waals surface area contributed by atoms with E-state index in [9.17, 15) is 24.9 Å². The number of aliphatic hydroxyl groups excluding tert-OH is 2. The Hall–Kier alpha value is -1.33. The number of nitrogens with two attached hydrogens (primary N) is 1. The molecule has 3 heterocycles. The maximum absolute atomic E-state index is 16.6. The summed E-state index contributed by atoms with van der Waals surface area (Å²) >= 11 is 0. The number of halogens is 1. The van der Waals surface area contributed by atoms with Crippen LogP contribution in [-0.2, 0) is 28.5 Å². The molecular formula is C35H65FN4O9. The fourth-order valence-electron chi connectivity index (χ4n) is 7.91. The zero-order valence-electron chi connectivity index (χ0n) is 31.4. The summed E-state index contributed by atoms with van der Waals surface area (Å²) in [5.41, 5.74) is -0.588. The highest BCUT2D eigenvalue weighted by molar-refractivity contribution is 6.07. The number of Topliss-reactive ketones (excluding diaryl/α,β-unsaturated/α-hetero) is 1. The van der Waals surface area contributed by atoms with Crippen molar-refractivity contribution in [3.63, 3.8) is 0 Å². The molecule has 0 spiro atoms. The van der Waals surface area contributed by atoms with Crippen molar-refractivity contribution < 1.29 is 48.2 Å². The molecule has 6 N–H and O–H groups in total. The van der Waals surface area contributed by atoms with Gasteiger partial charge in [0.25, 0.3) is 5.67 Å². The Morgan fingerprint density at radius 3 is 2.41 bits per heavy atom. The quantitative estimate of drug-likeness (QED) is 0.124. The van der Waals surface area contributed by atoms with Crippen LogP contribution in [0.5, 0.6) is 0 Å². The van der Waals surface area contributed by atoms with Gasteiger partial charge in [-0.2, -0.15) is 0 Å². The summed E-state index contributed by atoms with van der Waals surface area (Å²) in [6, 6.07) is -0.909. The summed E-state index contributed by atoms with van der Waals surface area (Å²) in [5.74, 6) is -3.99. The van der Waals surface area contributed by atoms with Gasteiger partial charge in [0.2, 0.25) is 0 Å². The number of nitrogens with zero attached hydrogens (tertiary/aromatic N) is 2. The average molecular weight is 705 g/mol. The lowest BCUT2D eigenvalue weighted by molar-refractivity contribution is -0.295. The first-order chi connectivity index (χ1) is 22.8. The lowest BCUT2D eigenvalue weighted by Crippen LogP contribution is -2.61. The van der Waals surface area contributed by atoms with E-state index < -0.39 is 77.4 Å². The number of ether oxygens (including phenoxy) is 4. The summed E-state index contributed by atoms with van der Waals surface area (Å²) in [6.45, 7) is 15.5. The SMILES string of the molecule is CC[C@H]1OC(=O)[C@@](C)(F)C(=O)[C@H](C)[C@@H](O[C@@H]2O[C@H](C)C[C@H](N(C)CC)[C@H]2O)[C@@]2(C)C[C@H](CN(C)[C@H](C)[C@@H](O)[C@]1(C)O)C(CNCCCN)O2. The number of hydrogen-bond donors (Lipinski definition) is 5. The molecule has 286 valence electrons. The van der Waals surface area contributed by atoms with Crippen molar-refractivity contribution in [3.8, 4) is 0 Å². The molecule has 1 unspecified atom stereocenters. The molecule has 3 fully saturated rings. The Morgan fingerprint density at radius 1 is 1.16 bits per heavy atom. The number of alkyl halides is 1. The molecule has 0 aromatic carbocycles. The Bertz CT molecular complexity index is 1100. The molecule has 0 radical (unpaired) electrons. The molecular weight excluding hydrogens is 639 g/mol. The molecule has 3 saturated heterocycles. The van der Waals surface area contributed by atoms with Crippen molar-refractivity contribution in [1.29, 1.82) is 0 Å². The molecule has 3 rings (SSSR count). The fourth-order valence-corrected chi connectivity index (χ4v) is 7.91. The van der Waals surface area contributed by atoms with Gasteiger partial charge in [-0.15, -0.1) is 0 Å². The van der Waals surface area contributed by atoms with E-state index in [4.69, 9.17) is 24.7 Å². The third-order valence-electron chi connectivity index (χ3n) is 11.3. The van der Waals surface area contributed by atoms with E-state index in [0.29, 0.717) is 45.6 Å². The van der Waals surface area contributed by atoms with Gasteiger partial charge in [0, 0.05) is 37.0 Å². The molecule has 49 heavy (non-hydrogen) atoms. The van der Waals surface area contributed by atoms with Crippen LogP contribution in [0, 0.1) is 11.8 Å². The molecule has 0 aromatic rings. The highest BCUT2D eigenvalue weighted by atomic mass is 19.1. The highest BCUT2D eigenvalue weighted by Crippen LogP contribution is 2.44. The lowest BCUT2D eigenvalue weighted by Gasteiger charge is -2.46. The van der Waals surface area contributed by atoms with Crippen LogP contribution in [0.15, 0.2) is 0 Å². The van der Waals surface area contributed by atoms with Gasteiger partial charge in [-0.3, -0.25) is 4.79 Å². The largest absolute Gasteiger partial charge is 0.457 e. The van der Waals surface area contributed by atoms with Crippen LogP contribution in [0.2, 0.25) is 0 Å². The van der Waals surface area contributed by atoms with E-state index in [1.807, 2.05) is 44.7 Å². The monoisotopic (exact) mass is 704 g/mol. The average Bonchev–Trinajstić information content (AvgIpc) is 3.37. The number of esters is 1. The predicted molar refractivity (Wildman–Crippen MR) is 182 cm³/mol. The fraction of sp³-hybridized carbons (Fsp3) is 0.943. The summed E-state index contributed by atoms with van der Waals surface area (Å²) in [5, 5.41) is 37.9. The molecule has 0 aromatic heterocycles. The second-order valence-corrected chi connectivity index (χ2v) is 15.3. The van der Waals surface area contributed by atoms with Gasteiger partial charge in [0.05, 0.1) is 23.9 Å². The Kier molecular flexibility index (Phi) is 14.6. The summed E-state index contributed by atoms with van der Waals surface area (Å²) in [7, 11) is 3.74. The van der Waals surface area contributed by atoms with Crippen molar-refractivity contribution >= 4 is 11.8 Å². The first kappa shape index (κ1) is 42.1. The van der Waals surface area contributed by atoms with Crippen molar-refractivity contribution in [2.24, 2.45) is 17.6 Å². The summed E-state index contributed by atoms with van der Waals surface area (Å²) < 4.78 is 41.6. The number of hydrogen-bond acceptors (Lipinski definition) is 13. The number of rotatable bonds is 10. The molecule has 3 aliphatic heterocycles. The molecule has 14 heteroatoms. The number of ketones is 1. The number of likely N-dealkylation sites (N-methyl/N-ethyl adjacent to an activating group) is 2. The smallest absolute Gasteiger partial charge is 0.351 e. The minimum absolute atomic E-state index is 0.0609. The molecule has 2 bridgehead atoms. The minimum Gasteiger partial charge on any atom is -0.457 e. The van der Waals surface area contributed by atoms with Crippen LogP contribution in [-0.4, -0.2) is 156 Å². The number of cyclic esters (lactones) is 1. The molecule has 14 atom stereocenters. The van der Waals surface area contributed by atoms with Crippen LogP contribution < -0.4 is 11.1 Å². The first-order valence-corrected chi connectivity index (χ1v) is 18.1. The number of nitrogens with one attached hydrogen (secondary N) is 1. The van der Waals surface area contributed by atoms with Crippen LogP contribution in [0.3, 0.4) is 0 Å². The Labute approximate surface area is 292 Å². The van der Waals surface area contributed by atoms with Gasteiger partial charge >= 0.3 is 5.97 Å². The second kappa shape index (κ2) is 17.0. The van der Waals surface area contributed by atoms with Gasteiger partial charge in [-0.1, -0.05) is 20.8 Å². The van der Waals surface area contributed by atoms with Gasteiger partial charge in [-0.05, 0) is 94.0 Å². The normalized spacial score (nSPS) is 44.9. The summed E-state index contributed by atoms with van der Waals surface area (Å²) in [6.07, 6.45) is -5.04. The number of aliphatic hydroxyl groups is 3. The van der Waals surface area contributed by atoms with Crippen molar-refractivity contribution in [1.82, 2.24) is 15.1 Å². The highest BCUT2D eigenvalue weighted by Gasteiger charge is 2.58. The van der Waals surface area contributed by atoms with Crippen molar-refractivity contribution in [2.75, 3.05) is 46.8 Å². The van der Waals surface area contributed by atoms with Crippen molar-refractivity contribution in [3.05, 3.63) is 0 Å². The predicted octanol–water partition coefficient (Wildman–Crippen LogP) is 0.991. The Morgan fingerprint density at radius 2 is 1.82 bits per heavy atom. The standard InChI is InChI=1S/C35H65FN4O9/c1-11-26-35(8,45)29(43)22(5)40(10)19-23-17-33(6,49-25(23)18-38-15-13-14-37)30(21(4)28(42)34(7,36)32(44)47-26)48-31-27(41)24(39(9)12-2)16-20(3)46-31/h20-27,29-31,38,41,43,45H,11-19,37H2,1-10H3/t20-,21+,22-,23-,24+,25?,26-,27-,29-,30-,31+,33-,34+,35-/m1/s1. The zero-order valence-corrected chi connectivity index (χ0v) is 31.4. The maximum Gasteiger partial charge on any atom is 0.351 e. The number of carbonyl (C=O) groups excluding carboxylic acids is 2. The van der Waals surface area contributed by atoms with E-state index in [1.165, 1.54) is 13.8 Å². The van der Waals surface area contributed by atoms with Crippen molar-refractivity contribution in [2.45, 2.75) is 153 Å². The third kappa shape index (κ3) is 9.19. The molecule has 13 nitrogen and oxygen atoms in total. The van der Waals surface area contributed by atoms with Crippen LogP contribution >= 0.6 is 0 Å². The van der Waals surface area contributed by atoms with Gasteiger partial charge in [-0.25, -0.2) is 9.18 Å². The first-order valence-electron chi connectivity index (χ1n) is 18.1. The van der Waals surface area contributed by atoms with Gasteiger partial charge < -0.3 is 55.1 Å². The topological polar surface area (TPSA) is 176 Å². The zero-order chi connectivity index (χ0) is 37.1.